The maximum Gasteiger partial charge on any atom is 0.305 e. The first-order valence-corrected chi connectivity index (χ1v) is 4.49. The van der Waals surface area contributed by atoms with E-state index in [1.807, 2.05) is 19.1 Å². The average molecular weight is 194 g/mol. The number of rotatable bonds is 3. The molecule has 0 saturated heterocycles. The highest BCUT2D eigenvalue weighted by Crippen LogP contribution is 2.17. The number of aromatic hydroxyl groups is 1. The molecule has 0 aliphatic heterocycles. The van der Waals surface area contributed by atoms with Gasteiger partial charge in [0.15, 0.2) is 0 Å². The van der Waals surface area contributed by atoms with Crippen molar-refractivity contribution in [1.82, 2.24) is 0 Å². The molecule has 0 aliphatic rings. The highest BCUT2D eigenvalue weighted by Gasteiger charge is 2.02. The highest BCUT2D eigenvalue weighted by atomic mass is 16.5. The molecule has 1 N–H and O–H groups in total. The second kappa shape index (κ2) is 4.65. The molecular weight excluding hydrogens is 180 g/mol. The van der Waals surface area contributed by atoms with Crippen molar-refractivity contribution in [3.63, 3.8) is 0 Å². The lowest BCUT2D eigenvalue weighted by molar-refractivity contribution is -0.140. The second-order valence-corrected chi connectivity index (χ2v) is 3.20. The minimum atomic E-state index is -0.212. The third-order valence-corrected chi connectivity index (χ3v) is 2.11. The lowest BCUT2D eigenvalue weighted by Crippen LogP contribution is -2.01. The molecule has 0 heterocycles. The largest absolute Gasteiger partial charge is 0.508 e. The van der Waals surface area contributed by atoms with Crippen LogP contribution in [0.1, 0.15) is 17.5 Å². The van der Waals surface area contributed by atoms with E-state index in [4.69, 9.17) is 0 Å². The van der Waals surface area contributed by atoms with Crippen LogP contribution < -0.4 is 0 Å². The normalized spacial score (nSPS) is 9.86. The van der Waals surface area contributed by atoms with Crippen molar-refractivity contribution >= 4 is 5.97 Å². The SMILES string of the molecule is COC(=O)CCc1ccc(O)c(C)c1. The summed E-state index contributed by atoms with van der Waals surface area (Å²) in [6.45, 7) is 1.83. The van der Waals surface area contributed by atoms with Crippen LogP contribution in [0, 0.1) is 6.92 Å². The van der Waals surface area contributed by atoms with Crippen LogP contribution >= 0.6 is 0 Å². The Bertz CT molecular complexity index is 331. The van der Waals surface area contributed by atoms with Crippen molar-refractivity contribution in [3.8, 4) is 5.75 Å². The topological polar surface area (TPSA) is 46.5 Å². The quantitative estimate of drug-likeness (QED) is 0.746. The Labute approximate surface area is 83.3 Å². The number of ether oxygens (including phenoxy) is 1. The van der Waals surface area contributed by atoms with Crippen molar-refractivity contribution in [2.24, 2.45) is 0 Å². The number of methoxy groups -OCH3 is 1. The van der Waals surface area contributed by atoms with Gasteiger partial charge in [-0.15, -0.1) is 0 Å². The number of benzene rings is 1. The molecule has 0 aromatic heterocycles. The maximum absolute atomic E-state index is 10.9. The van der Waals surface area contributed by atoms with E-state index in [0.29, 0.717) is 12.8 Å². The molecule has 1 aromatic rings. The number of carbonyl (C=O) groups excluding carboxylic acids is 1. The molecule has 14 heavy (non-hydrogen) atoms. The number of aryl methyl sites for hydroxylation is 2. The van der Waals surface area contributed by atoms with Crippen molar-refractivity contribution in [2.45, 2.75) is 19.8 Å². The molecule has 0 amide bonds. The van der Waals surface area contributed by atoms with E-state index in [1.165, 1.54) is 7.11 Å². The first-order valence-electron chi connectivity index (χ1n) is 4.49. The van der Waals surface area contributed by atoms with Crippen molar-refractivity contribution in [2.75, 3.05) is 7.11 Å². The number of carbonyl (C=O) groups is 1. The predicted molar refractivity (Wildman–Crippen MR) is 53.2 cm³/mol. The molecule has 0 aliphatic carbocycles. The molecule has 0 saturated carbocycles. The van der Waals surface area contributed by atoms with Gasteiger partial charge in [-0.3, -0.25) is 4.79 Å². The molecule has 3 heteroatoms. The maximum atomic E-state index is 10.9. The van der Waals surface area contributed by atoms with Crippen LogP contribution in [0.2, 0.25) is 0 Å². The van der Waals surface area contributed by atoms with Crippen molar-refractivity contribution < 1.29 is 14.6 Å². The minimum Gasteiger partial charge on any atom is -0.508 e. The minimum absolute atomic E-state index is 0.212. The Balaban J connectivity index is 2.60. The van der Waals surface area contributed by atoms with Gasteiger partial charge in [-0.1, -0.05) is 12.1 Å². The lowest BCUT2D eigenvalue weighted by Gasteiger charge is -2.03. The van der Waals surface area contributed by atoms with Gasteiger partial charge in [0, 0.05) is 6.42 Å². The zero-order chi connectivity index (χ0) is 10.6. The fraction of sp³-hybridized carbons (Fsp3) is 0.364. The molecule has 0 atom stereocenters. The fourth-order valence-electron chi connectivity index (χ4n) is 1.22. The summed E-state index contributed by atoms with van der Waals surface area (Å²) in [5.41, 5.74) is 1.86. The van der Waals surface area contributed by atoms with E-state index < -0.39 is 0 Å². The Hall–Kier alpha value is -1.51. The molecule has 1 aromatic carbocycles. The summed E-state index contributed by atoms with van der Waals surface area (Å²) >= 11 is 0. The van der Waals surface area contributed by atoms with Gasteiger partial charge >= 0.3 is 5.97 Å². The Morgan fingerprint density at radius 3 is 2.79 bits per heavy atom. The van der Waals surface area contributed by atoms with E-state index in [2.05, 4.69) is 4.74 Å². The van der Waals surface area contributed by atoms with Gasteiger partial charge in [0.05, 0.1) is 7.11 Å². The first-order chi connectivity index (χ1) is 6.63. The summed E-state index contributed by atoms with van der Waals surface area (Å²) in [6.07, 6.45) is 1.02. The van der Waals surface area contributed by atoms with E-state index in [0.717, 1.165) is 11.1 Å². The van der Waals surface area contributed by atoms with Crippen LogP contribution in [-0.2, 0) is 16.0 Å². The molecule has 0 radical (unpaired) electrons. The summed E-state index contributed by atoms with van der Waals surface area (Å²) < 4.78 is 4.54. The van der Waals surface area contributed by atoms with E-state index >= 15 is 0 Å². The average Bonchev–Trinajstić information content (AvgIpc) is 2.19. The van der Waals surface area contributed by atoms with Gasteiger partial charge in [0.1, 0.15) is 5.75 Å². The Morgan fingerprint density at radius 2 is 2.21 bits per heavy atom. The second-order valence-electron chi connectivity index (χ2n) is 3.20. The van der Waals surface area contributed by atoms with Gasteiger partial charge in [0.2, 0.25) is 0 Å². The van der Waals surface area contributed by atoms with Crippen LogP contribution in [0.3, 0.4) is 0 Å². The zero-order valence-electron chi connectivity index (χ0n) is 8.41. The van der Waals surface area contributed by atoms with Gasteiger partial charge in [-0.25, -0.2) is 0 Å². The summed E-state index contributed by atoms with van der Waals surface area (Å²) in [7, 11) is 1.38. The summed E-state index contributed by atoms with van der Waals surface area (Å²) in [5, 5.41) is 9.28. The summed E-state index contributed by atoms with van der Waals surface area (Å²) in [5.74, 6) is 0.0718. The number of phenols is 1. The number of phenolic OH excluding ortho intramolecular Hbond substituents is 1. The highest BCUT2D eigenvalue weighted by molar-refractivity contribution is 5.69. The van der Waals surface area contributed by atoms with Crippen LogP contribution in [0.25, 0.3) is 0 Å². The van der Waals surface area contributed by atoms with Crippen molar-refractivity contribution in [1.29, 1.82) is 0 Å². The monoisotopic (exact) mass is 194 g/mol. The van der Waals surface area contributed by atoms with E-state index in [9.17, 15) is 9.90 Å². The van der Waals surface area contributed by atoms with Crippen LogP contribution in [0.5, 0.6) is 5.75 Å². The first kappa shape index (κ1) is 10.6. The fourth-order valence-corrected chi connectivity index (χ4v) is 1.22. The molecule has 0 bridgehead atoms. The third kappa shape index (κ3) is 2.76. The van der Waals surface area contributed by atoms with Gasteiger partial charge in [-0.05, 0) is 30.5 Å². The Kier molecular flexibility index (Phi) is 3.51. The summed E-state index contributed by atoms with van der Waals surface area (Å²) in [6, 6.07) is 5.32. The molecular formula is C11H14O3. The van der Waals surface area contributed by atoms with E-state index in [1.54, 1.807) is 6.07 Å². The lowest BCUT2D eigenvalue weighted by atomic mass is 10.1. The smallest absolute Gasteiger partial charge is 0.305 e. The van der Waals surface area contributed by atoms with Crippen LogP contribution in [-0.4, -0.2) is 18.2 Å². The predicted octanol–water partition coefficient (Wildman–Crippen LogP) is 1.81. The zero-order valence-corrected chi connectivity index (χ0v) is 8.41. The Morgan fingerprint density at radius 1 is 1.50 bits per heavy atom. The molecule has 0 unspecified atom stereocenters. The number of hydrogen-bond donors (Lipinski definition) is 1. The van der Waals surface area contributed by atoms with Crippen LogP contribution in [0.4, 0.5) is 0 Å². The summed E-state index contributed by atoms with van der Waals surface area (Å²) in [4.78, 5) is 10.9. The number of esters is 1. The van der Waals surface area contributed by atoms with Gasteiger partial charge in [-0.2, -0.15) is 0 Å². The molecule has 3 nitrogen and oxygen atoms in total. The van der Waals surface area contributed by atoms with E-state index in [-0.39, 0.29) is 11.7 Å². The number of hydrogen-bond acceptors (Lipinski definition) is 3. The van der Waals surface area contributed by atoms with Gasteiger partial charge in [0.25, 0.3) is 0 Å². The standard InChI is InChI=1S/C11H14O3/c1-8-7-9(3-5-10(8)12)4-6-11(13)14-2/h3,5,7,12H,4,6H2,1-2H3. The third-order valence-electron chi connectivity index (χ3n) is 2.11. The van der Waals surface area contributed by atoms with Crippen molar-refractivity contribution in [3.05, 3.63) is 29.3 Å². The molecule has 0 spiro atoms. The van der Waals surface area contributed by atoms with Gasteiger partial charge < -0.3 is 9.84 Å². The van der Waals surface area contributed by atoms with Crippen LogP contribution in [0.15, 0.2) is 18.2 Å². The molecule has 76 valence electrons. The molecule has 0 fully saturated rings. The molecule has 1 rings (SSSR count).